The van der Waals surface area contributed by atoms with Crippen molar-refractivity contribution < 1.29 is 14.3 Å². The van der Waals surface area contributed by atoms with E-state index >= 15 is 0 Å². The molecule has 0 bridgehead atoms. The predicted molar refractivity (Wildman–Crippen MR) is 156 cm³/mol. The Labute approximate surface area is 233 Å². The average molecular weight is 543 g/mol. The van der Waals surface area contributed by atoms with Crippen molar-refractivity contribution in [3.8, 4) is 38.7 Å². The highest BCUT2D eigenvalue weighted by Crippen LogP contribution is 2.44. The Balaban J connectivity index is 1.67. The number of hydrogen-bond donors (Lipinski definition) is 1. The first kappa shape index (κ1) is 26.7. The number of ether oxygens (including phenoxy) is 1. The van der Waals surface area contributed by atoms with Crippen LogP contribution in [0.2, 0.25) is 0 Å². The van der Waals surface area contributed by atoms with Gasteiger partial charge in [-0.05, 0) is 58.7 Å². The van der Waals surface area contributed by atoms with Gasteiger partial charge in [0.2, 0.25) is 0 Å². The summed E-state index contributed by atoms with van der Waals surface area (Å²) in [5.74, 6) is 0.954. The monoisotopic (exact) mass is 542 g/mol. The summed E-state index contributed by atoms with van der Waals surface area (Å²) >= 11 is 1.61. The molecule has 1 aliphatic rings. The first-order chi connectivity index (χ1) is 18.6. The number of nitrogens with one attached hydrogen (secondary N) is 1. The molecule has 0 spiro atoms. The van der Waals surface area contributed by atoms with E-state index in [2.05, 4.69) is 42.8 Å². The molecule has 4 aromatic rings. The molecule has 5 rings (SSSR count). The molecule has 0 atom stereocenters. The number of amides is 2. The number of fused-ring (bicyclic) bond motifs is 3. The van der Waals surface area contributed by atoms with Gasteiger partial charge in [0, 0.05) is 43.9 Å². The van der Waals surface area contributed by atoms with Gasteiger partial charge in [-0.2, -0.15) is 0 Å². The second kappa shape index (κ2) is 10.3. The highest BCUT2D eigenvalue weighted by Gasteiger charge is 2.30. The molecule has 0 fully saturated rings. The Kier molecular flexibility index (Phi) is 7.07. The maximum absolute atomic E-state index is 13.4. The van der Waals surface area contributed by atoms with Gasteiger partial charge in [-0.1, -0.05) is 39.0 Å². The van der Waals surface area contributed by atoms with Crippen LogP contribution in [0.1, 0.15) is 47.3 Å². The summed E-state index contributed by atoms with van der Waals surface area (Å²) in [4.78, 5) is 33.5. The van der Waals surface area contributed by atoms with Crippen molar-refractivity contribution in [3.63, 3.8) is 0 Å². The summed E-state index contributed by atoms with van der Waals surface area (Å²) in [7, 11) is 5.16. The average Bonchev–Trinajstić information content (AvgIpc) is 3.58. The van der Waals surface area contributed by atoms with Crippen molar-refractivity contribution in [2.24, 2.45) is 5.41 Å². The number of methoxy groups -OCH3 is 1. The molecule has 3 heterocycles. The van der Waals surface area contributed by atoms with Gasteiger partial charge in [-0.25, -0.2) is 4.98 Å². The highest BCUT2D eigenvalue weighted by atomic mass is 32.1. The lowest BCUT2D eigenvalue weighted by molar-refractivity contribution is 0.0827. The summed E-state index contributed by atoms with van der Waals surface area (Å²) in [6, 6.07) is 15.8. The van der Waals surface area contributed by atoms with Gasteiger partial charge >= 0.3 is 0 Å². The lowest BCUT2D eigenvalue weighted by Crippen LogP contribution is -2.34. The van der Waals surface area contributed by atoms with E-state index in [0.29, 0.717) is 24.5 Å². The van der Waals surface area contributed by atoms with Gasteiger partial charge in [-0.15, -0.1) is 11.3 Å². The van der Waals surface area contributed by atoms with Crippen LogP contribution in [-0.4, -0.2) is 54.0 Å². The van der Waals surface area contributed by atoms with Crippen LogP contribution >= 0.6 is 11.3 Å². The number of rotatable bonds is 6. The zero-order valence-electron chi connectivity index (χ0n) is 23.3. The molecule has 0 saturated carbocycles. The maximum atomic E-state index is 13.4. The van der Waals surface area contributed by atoms with Crippen LogP contribution < -0.4 is 10.1 Å². The van der Waals surface area contributed by atoms with Gasteiger partial charge in [-0.3, -0.25) is 9.59 Å². The van der Waals surface area contributed by atoms with Crippen LogP contribution in [0.5, 0.6) is 5.75 Å². The zero-order valence-corrected chi connectivity index (χ0v) is 24.1. The standard InChI is InChI=1S/C31H34N4O3S/c1-31(2,3)18-32-29(36)28-33-26(25-11-8-14-39-25)27-23-17-22(24(38-6)16-20(23)12-13-35(27)28)19-9-7-10-21(15-19)30(37)34(4)5/h7-11,14-17H,12-13,18H2,1-6H3,(H,32,36). The Morgan fingerprint density at radius 1 is 1.10 bits per heavy atom. The van der Waals surface area contributed by atoms with Gasteiger partial charge in [0.05, 0.1) is 17.7 Å². The second-order valence-electron chi connectivity index (χ2n) is 11.2. The number of thiophene rings is 1. The van der Waals surface area contributed by atoms with E-state index in [4.69, 9.17) is 9.72 Å². The number of nitrogens with zero attached hydrogens (tertiary/aromatic N) is 3. The summed E-state index contributed by atoms with van der Waals surface area (Å²) in [5.41, 5.74) is 6.25. The third-order valence-corrected chi connectivity index (χ3v) is 7.69. The molecule has 2 amide bonds. The summed E-state index contributed by atoms with van der Waals surface area (Å²) in [6.07, 6.45) is 0.748. The lowest BCUT2D eigenvalue weighted by Gasteiger charge is -2.24. The Morgan fingerprint density at radius 3 is 2.56 bits per heavy atom. The molecule has 2 aromatic carbocycles. The first-order valence-corrected chi connectivity index (χ1v) is 13.9. The highest BCUT2D eigenvalue weighted by molar-refractivity contribution is 7.13. The molecule has 39 heavy (non-hydrogen) atoms. The quantitative estimate of drug-likeness (QED) is 0.325. The molecular weight excluding hydrogens is 508 g/mol. The largest absolute Gasteiger partial charge is 0.496 e. The Bertz CT molecular complexity index is 1540. The molecule has 202 valence electrons. The van der Waals surface area contributed by atoms with Gasteiger partial charge in [0.25, 0.3) is 11.8 Å². The Morgan fingerprint density at radius 2 is 1.90 bits per heavy atom. The van der Waals surface area contributed by atoms with Crippen LogP contribution in [0, 0.1) is 5.41 Å². The third-order valence-electron chi connectivity index (χ3n) is 6.82. The van der Waals surface area contributed by atoms with Crippen LogP contribution in [-0.2, 0) is 13.0 Å². The predicted octanol–water partition coefficient (Wildman–Crippen LogP) is 5.99. The van der Waals surface area contributed by atoms with Crippen molar-refractivity contribution >= 4 is 23.2 Å². The van der Waals surface area contributed by atoms with Crippen LogP contribution in [0.25, 0.3) is 33.0 Å². The minimum Gasteiger partial charge on any atom is -0.496 e. The van der Waals surface area contributed by atoms with E-state index in [1.165, 1.54) is 0 Å². The number of aryl methyl sites for hydroxylation is 1. The summed E-state index contributed by atoms with van der Waals surface area (Å²) < 4.78 is 7.88. The molecule has 1 N–H and O–H groups in total. The summed E-state index contributed by atoms with van der Waals surface area (Å²) in [5, 5.41) is 5.10. The van der Waals surface area contributed by atoms with E-state index < -0.39 is 0 Å². The molecule has 0 radical (unpaired) electrons. The van der Waals surface area contributed by atoms with Crippen LogP contribution in [0.15, 0.2) is 53.9 Å². The van der Waals surface area contributed by atoms with E-state index in [9.17, 15) is 9.59 Å². The minimum absolute atomic E-state index is 0.0376. The molecule has 7 nitrogen and oxygen atoms in total. The van der Waals surface area contributed by atoms with Crippen molar-refractivity contribution in [2.75, 3.05) is 27.7 Å². The van der Waals surface area contributed by atoms with Crippen LogP contribution in [0.4, 0.5) is 0 Å². The fourth-order valence-electron chi connectivity index (χ4n) is 4.88. The van der Waals surface area contributed by atoms with Gasteiger partial charge in [0.15, 0.2) is 5.82 Å². The minimum atomic E-state index is -0.166. The zero-order chi connectivity index (χ0) is 27.9. The number of carbonyl (C=O) groups is 2. The normalized spacial score (nSPS) is 12.5. The maximum Gasteiger partial charge on any atom is 0.287 e. The molecule has 0 saturated heterocycles. The SMILES string of the molecule is COc1cc2c(cc1-c1cccc(C(=O)N(C)C)c1)-c1c(-c3cccs3)nc(C(=O)NCC(C)(C)C)n1CC2. The number of imidazole rings is 1. The molecule has 1 aliphatic heterocycles. The summed E-state index contributed by atoms with van der Waals surface area (Å²) in [6.45, 7) is 7.49. The second-order valence-corrected chi connectivity index (χ2v) is 12.2. The van der Waals surface area contributed by atoms with Gasteiger partial charge in [0.1, 0.15) is 11.4 Å². The number of carbonyl (C=O) groups excluding carboxylic acids is 2. The smallest absolute Gasteiger partial charge is 0.287 e. The van der Waals surface area contributed by atoms with E-state index in [1.807, 2.05) is 41.8 Å². The molecule has 8 heteroatoms. The van der Waals surface area contributed by atoms with E-state index in [-0.39, 0.29) is 17.2 Å². The fraction of sp³-hybridized carbons (Fsp3) is 0.323. The van der Waals surface area contributed by atoms with Crippen molar-refractivity contribution in [3.05, 3.63) is 70.9 Å². The number of benzene rings is 2. The molecular formula is C31H34N4O3S. The van der Waals surface area contributed by atoms with E-state index in [0.717, 1.165) is 50.7 Å². The van der Waals surface area contributed by atoms with Crippen LogP contribution in [0.3, 0.4) is 0 Å². The third kappa shape index (κ3) is 5.21. The van der Waals surface area contributed by atoms with Crippen molar-refractivity contribution in [2.45, 2.75) is 33.7 Å². The topological polar surface area (TPSA) is 76.5 Å². The molecule has 0 aliphatic carbocycles. The van der Waals surface area contributed by atoms with Crippen molar-refractivity contribution in [1.82, 2.24) is 19.8 Å². The van der Waals surface area contributed by atoms with E-state index in [1.54, 1.807) is 37.4 Å². The van der Waals surface area contributed by atoms with Crippen molar-refractivity contribution in [1.29, 1.82) is 0 Å². The number of hydrogen-bond acceptors (Lipinski definition) is 5. The Hall–Kier alpha value is -3.91. The lowest BCUT2D eigenvalue weighted by atomic mass is 9.91. The molecule has 0 unspecified atom stereocenters. The molecule has 2 aromatic heterocycles. The first-order valence-electron chi connectivity index (χ1n) is 13.0. The number of aromatic nitrogens is 2. The van der Waals surface area contributed by atoms with Gasteiger partial charge < -0.3 is 19.5 Å². The fourth-order valence-corrected chi connectivity index (χ4v) is 5.60.